The Morgan fingerprint density at radius 3 is 1.95 bits per heavy atom. The Hall–Kier alpha value is -0.820. The van der Waals surface area contributed by atoms with Crippen LogP contribution in [0, 0.1) is 0 Å². The van der Waals surface area contributed by atoms with Crippen molar-refractivity contribution in [2.75, 3.05) is 6.54 Å². The van der Waals surface area contributed by atoms with Gasteiger partial charge in [0.25, 0.3) is 0 Å². The van der Waals surface area contributed by atoms with Crippen LogP contribution in [0.2, 0.25) is 0 Å². The number of carbonyl (C=O) groups excluding carboxylic acids is 2. The molecule has 1 atom stereocenters. The van der Waals surface area contributed by atoms with E-state index < -0.39 is 23.3 Å². The highest BCUT2D eigenvalue weighted by molar-refractivity contribution is 8.93. The van der Waals surface area contributed by atoms with Crippen LogP contribution in [0.15, 0.2) is 0 Å². The number of ether oxygens (including phenoxy) is 2. The van der Waals surface area contributed by atoms with Crippen molar-refractivity contribution < 1.29 is 19.1 Å². The first-order valence-electron chi connectivity index (χ1n) is 7.36. The molecule has 6 nitrogen and oxygen atoms in total. The van der Waals surface area contributed by atoms with Crippen molar-refractivity contribution in [1.82, 2.24) is 5.32 Å². The quantitative estimate of drug-likeness (QED) is 0.544. The highest BCUT2D eigenvalue weighted by Crippen LogP contribution is 2.10. The normalized spacial score (nSPS) is 12.9. The van der Waals surface area contributed by atoms with Gasteiger partial charge in [-0.2, -0.15) is 0 Å². The van der Waals surface area contributed by atoms with Gasteiger partial charge in [-0.15, -0.1) is 17.0 Å². The van der Waals surface area contributed by atoms with E-state index in [-0.39, 0.29) is 23.0 Å². The van der Waals surface area contributed by atoms with Gasteiger partial charge in [-0.25, -0.2) is 4.79 Å². The smallest absolute Gasteiger partial charge is 0.407 e. The van der Waals surface area contributed by atoms with Crippen LogP contribution in [0.1, 0.15) is 60.8 Å². The Balaban J connectivity index is 0. The topological polar surface area (TPSA) is 90.6 Å². The van der Waals surface area contributed by atoms with Gasteiger partial charge in [0.2, 0.25) is 0 Å². The summed E-state index contributed by atoms with van der Waals surface area (Å²) in [6, 6.07) is -0.620. The number of nitrogens with one attached hydrogen (secondary N) is 1. The fourth-order valence-electron chi connectivity index (χ4n) is 1.49. The molecule has 0 rings (SSSR count). The van der Waals surface area contributed by atoms with E-state index in [1.54, 1.807) is 0 Å². The van der Waals surface area contributed by atoms with Crippen molar-refractivity contribution in [3.05, 3.63) is 0 Å². The van der Waals surface area contributed by atoms with E-state index in [0.717, 1.165) is 12.8 Å². The number of carbonyl (C=O) groups is 2. The summed E-state index contributed by atoms with van der Waals surface area (Å²) in [7, 11) is 0. The number of rotatable bonds is 6. The number of unbranched alkanes of at least 4 members (excludes halogenated alkanes) is 1. The van der Waals surface area contributed by atoms with Crippen LogP contribution in [-0.2, 0) is 14.3 Å². The maximum atomic E-state index is 11.7. The Morgan fingerprint density at radius 2 is 1.50 bits per heavy atom. The first-order valence-corrected chi connectivity index (χ1v) is 7.36. The molecule has 0 bridgehead atoms. The molecule has 22 heavy (non-hydrogen) atoms. The van der Waals surface area contributed by atoms with E-state index in [0.29, 0.717) is 13.0 Å². The number of alkyl carbamates (subject to hydrolysis) is 1. The maximum absolute atomic E-state index is 11.7. The fraction of sp³-hybridized carbons (Fsp3) is 0.867. The molecular weight excluding hydrogens is 352 g/mol. The lowest BCUT2D eigenvalue weighted by Gasteiger charge is -2.22. The number of halogens is 1. The minimum atomic E-state index is -0.620. The van der Waals surface area contributed by atoms with Gasteiger partial charge in [0.05, 0.1) is 0 Å². The number of nitrogens with two attached hydrogens (primary N) is 1. The van der Waals surface area contributed by atoms with Gasteiger partial charge in [-0.1, -0.05) is 0 Å². The summed E-state index contributed by atoms with van der Waals surface area (Å²) < 4.78 is 10.3. The van der Waals surface area contributed by atoms with Gasteiger partial charge in [0.15, 0.2) is 0 Å². The number of hydrogen-bond acceptors (Lipinski definition) is 5. The molecule has 0 aromatic carbocycles. The van der Waals surface area contributed by atoms with Crippen molar-refractivity contribution in [1.29, 1.82) is 0 Å². The zero-order valence-corrected chi connectivity index (χ0v) is 16.2. The molecule has 132 valence electrons. The van der Waals surface area contributed by atoms with Crippen molar-refractivity contribution in [2.45, 2.75) is 78.0 Å². The summed E-state index contributed by atoms with van der Waals surface area (Å²) in [5, 5.41) is 2.66. The third-order valence-electron chi connectivity index (χ3n) is 2.32. The summed E-state index contributed by atoms with van der Waals surface area (Å²) in [6.07, 6.45) is 1.57. The first kappa shape index (κ1) is 23.4. The molecule has 0 unspecified atom stereocenters. The zero-order valence-electron chi connectivity index (χ0n) is 14.5. The predicted molar refractivity (Wildman–Crippen MR) is 92.2 cm³/mol. The van der Waals surface area contributed by atoms with Crippen LogP contribution < -0.4 is 11.1 Å². The maximum Gasteiger partial charge on any atom is 0.407 e. The van der Waals surface area contributed by atoms with Crippen molar-refractivity contribution in [2.24, 2.45) is 5.73 Å². The molecule has 0 aliphatic heterocycles. The van der Waals surface area contributed by atoms with Crippen molar-refractivity contribution in [3.63, 3.8) is 0 Å². The summed E-state index contributed by atoms with van der Waals surface area (Å²) in [5.74, 6) is -0.386. The largest absolute Gasteiger partial charge is 0.459 e. The summed E-state index contributed by atoms with van der Waals surface area (Å²) in [5.41, 5.74) is 4.75. The minimum absolute atomic E-state index is 0. The Morgan fingerprint density at radius 1 is 1.00 bits per heavy atom. The molecule has 0 aromatic rings. The molecule has 0 saturated heterocycles. The zero-order chi connectivity index (χ0) is 16.7. The van der Waals surface area contributed by atoms with E-state index in [2.05, 4.69) is 5.32 Å². The van der Waals surface area contributed by atoms with Crippen molar-refractivity contribution >= 4 is 29.0 Å². The van der Waals surface area contributed by atoms with Gasteiger partial charge < -0.3 is 20.5 Å². The molecule has 0 spiro atoms. The van der Waals surface area contributed by atoms with E-state index in [4.69, 9.17) is 15.2 Å². The predicted octanol–water partition coefficient (Wildman–Crippen LogP) is 2.93. The second kappa shape index (κ2) is 10.0. The van der Waals surface area contributed by atoms with Crippen LogP contribution in [0.5, 0.6) is 0 Å². The fourth-order valence-corrected chi connectivity index (χ4v) is 1.49. The second-order valence-corrected chi connectivity index (χ2v) is 7.06. The molecule has 0 aliphatic carbocycles. The van der Waals surface area contributed by atoms with E-state index >= 15 is 0 Å². The SMILES string of the molecule is Br.CC(C)(C)OC(=O)NCCCC[C@@H](N)C(=O)OC(C)(C)C. The first-order chi connectivity index (χ1) is 9.41. The van der Waals surface area contributed by atoms with Gasteiger partial charge in [-0.3, -0.25) is 4.79 Å². The van der Waals surface area contributed by atoms with Crippen LogP contribution in [0.25, 0.3) is 0 Å². The molecule has 0 fully saturated rings. The van der Waals surface area contributed by atoms with Crippen LogP contribution in [-0.4, -0.2) is 35.9 Å². The molecule has 0 aromatic heterocycles. The molecule has 1 amide bonds. The van der Waals surface area contributed by atoms with E-state index in [1.165, 1.54) is 0 Å². The molecule has 0 saturated carbocycles. The molecule has 0 aliphatic rings. The molecular formula is C15H31BrN2O4. The summed E-state index contributed by atoms with van der Waals surface area (Å²) in [6.45, 7) is 11.4. The standard InChI is InChI=1S/C15H30N2O4.BrH/c1-14(2,3)20-12(18)11(16)9-7-8-10-17-13(19)21-15(4,5)6;/h11H,7-10,16H2,1-6H3,(H,17,19);1H/t11-;/m1./s1. The monoisotopic (exact) mass is 382 g/mol. The summed E-state index contributed by atoms with van der Waals surface area (Å²) >= 11 is 0. The molecule has 7 heteroatoms. The van der Waals surface area contributed by atoms with Crippen LogP contribution in [0.3, 0.4) is 0 Å². The molecule has 0 heterocycles. The van der Waals surface area contributed by atoms with Crippen LogP contribution >= 0.6 is 17.0 Å². The average Bonchev–Trinajstić information content (AvgIpc) is 2.23. The second-order valence-electron chi connectivity index (χ2n) is 7.06. The number of amides is 1. The van der Waals surface area contributed by atoms with Gasteiger partial charge in [-0.05, 0) is 60.8 Å². The molecule has 0 radical (unpaired) electrons. The van der Waals surface area contributed by atoms with E-state index in [1.807, 2.05) is 41.5 Å². The Bertz CT molecular complexity index is 348. The Kier molecular flexibility index (Phi) is 10.7. The highest BCUT2D eigenvalue weighted by Gasteiger charge is 2.21. The lowest BCUT2D eigenvalue weighted by atomic mass is 10.1. The molecule has 3 N–H and O–H groups in total. The third-order valence-corrected chi connectivity index (χ3v) is 2.32. The lowest BCUT2D eigenvalue weighted by Crippen LogP contribution is -2.37. The summed E-state index contributed by atoms with van der Waals surface area (Å²) in [4.78, 5) is 23.0. The van der Waals surface area contributed by atoms with Gasteiger partial charge in [0.1, 0.15) is 17.2 Å². The third kappa shape index (κ3) is 14.1. The number of hydrogen-bond donors (Lipinski definition) is 2. The van der Waals surface area contributed by atoms with Crippen molar-refractivity contribution in [3.8, 4) is 0 Å². The lowest BCUT2D eigenvalue weighted by molar-refractivity contribution is -0.156. The van der Waals surface area contributed by atoms with Crippen LogP contribution in [0.4, 0.5) is 4.79 Å². The minimum Gasteiger partial charge on any atom is -0.459 e. The number of esters is 1. The highest BCUT2D eigenvalue weighted by atomic mass is 79.9. The van der Waals surface area contributed by atoms with Gasteiger partial charge >= 0.3 is 12.1 Å². The van der Waals surface area contributed by atoms with Gasteiger partial charge in [0, 0.05) is 6.54 Å². The van der Waals surface area contributed by atoms with E-state index in [9.17, 15) is 9.59 Å². The average molecular weight is 383 g/mol. The Labute approximate surface area is 144 Å².